The van der Waals surface area contributed by atoms with Crippen molar-refractivity contribution in [3.63, 3.8) is 0 Å². The second-order valence-corrected chi connectivity index (χ2v) is 4.07. The van der Waals surface area contributed by atoms with Gasteiger partial charge in [0.2, 0.25) is 5.75 Å². The summed E-state index contributed by atoms with van der Waals surface area (Å²) in [6, 6.07) is 0. The molecule has 0 radical (unpaired) electrons. The molecule has 0 saturated carbocycles. The molecule has 1 aromatic rings. The summed E-state index contributed by atoms with van der Waals surface area (Å²) in [5, 5.41) is 13.7. The average molecular weight is 290 g/mol. The van der Waals surface area contributed by atoms with Crippen LogP contribution in [-0.4, -0.2) is 29.6 Å². The Hall–Kier alpha value is -1.21. The average Bonchev–Trinajstić information content (AvgIpc) is 2.21. The molecule has 0 bridgehead atoms. The van der Waals surface area contributed by atoms with Crippen LogP contribution in [0.4, 0.5) is 5.69 Å². The van der Waals surface area contributed by atoms with Crippen LogP contribution in [-0.2, 0) is 0 Å². The quantitative estimate of drug-likeness (QED) is 0.660. The van der Waals surface area contributed by atoms with Crippen molar-refractivity contribution in [2.24, 2.45) is 0 Å². The number of nitrogens with one attached hydrogen (secondary N) is 1. The van der Waals surface area contributed by atoms with E-state index in [0.29, 0.717) is 11.0 Å². The minimum atomic E-state index is -0.515. The molecule has 0 amide bonds. The monoisotopic (exact) mass is 289 g/mol. The molecule has 16 heavy (non-hydrogen) atoms. The van der Waals surface area contributed by atoms with Gasteiger partial charge in [0.1, 0.15) is 12.3 Å². The van der Waals surface area contributed by atoms with E-state index in [2.05, 4.69) is 26.2 Å². The summed E-state index contributed by atoms with van der Waals surface area (Å²) in [7, 11) is 1.79. The normalized spacial score (nSPS) is 12.2. The van der Waals surface area contributed by atoms with E-state index in [1.165, 1.54) is 12.4 Å². The van der Waals surface area contributed by atoms with Crippen molar-refractivity contribution in [3.05, 3.63) is 27.0 Å². The number of aromatic nitrogens is 1. The van der Waals surface area contributed by atoms with Crippen LogP contribution in [0.5, 0.6) is 5.75 Å². The van der Waals surface area contributed by atoms with E-state index in [0.717, 1.165) is 0 Å². The van der Waals surface area contributed by atoms with E-state index in [4.69, 9.17) is 4.74 Å². The van der Waals surface area contributed by atoms with E-state index in [1.807, 2.05) is 6.92 Å². The van der Waals surface area contributed by atoms with Crippen molar-refractivity contribution in [3.8, 4) is 5.75 Å². The first-order chi connectivity index (χ1) is 7.56. The first kappa shape index (κ1) is 12.9. The Morgan fingerprint density at radius 1 is 1.69 bits per heavy atom. The van der Waals surface area contributed by atoms with Crippen LogP contribution in [0.2, 0.25) is 0 Å². The largest absolute Gasteiger partial charge is 0.482 e. The highest BCUT2D eigenvalue weighted by atomic mass is 79.9. The molecule has 1 unspecified atom stereocenters. The highest BCUT2D eigenvalue weighted by Crippen LogP contribution is 2.34. The van der Waals surface area contributed by atoms with E-state index >= 15 is 0 Å². The Balaban J connectivity index is 2.97. The number of pyridine rings is 1. The summed E-state index contributed by atoms with van der Waals surface area (Å²) < 4.78 is 5.96. The van der Waals surface area contributed by atoms with Crippen LogP contribution in [0.3, 0.4) is 0 Å². The van der Waals surface area contributed by atoms with Crippen LogP contribution in [0.25, 0.3) is 0 Å². The maximum Gasteiger partial charge on any atom is 0.330 e. The van der Waals surface area contributed by atoms with Crippen molar-refractivity contribution < 1.29 is 9.66 Å². The van der Waals surface area contributed by atoms with Crippen LogP contribution < -0.4 is 10.1 Å². The minimum absolute atomic E-state index is 0.141. The number of nitro groups is 1. The fourth-order valence-electron chi connectivity index (χ4n) is 1.19. The Labute approximate surface area is 101 Å². The van der Waals surface area contributed by atoms with Gasteiger partial charge in [-0.25, -0.2) is 0 Å². The third-order valence-electron chi connectivity index (χ3n) is 1.84. The van der Waals surface area contributed by atoms with Gasteiger partial charge in [-0.2, -0.15) is 0 Å². The molecule has 0 aliphatic heterocycles. The lowest BCUT2D eigenvalue weighted by Crippen LogP contribution is -2.26. The molecular formula is C9H12BrN3O3. The lowest BCUT2D eigenvalue weighted by molar-refractivity contribution is -0.386. The molecule has 0 fully saturated rings. The zero-order chi connectivity index (χ0) is 12.1. The Bertz CT molecular complexity index is 386. The predicted molar refractivity (Wildman–Crippen MR) is 62.6 cm³/mol. The van der Waals surface area contributed by atoms with Crippen molar-refractivity contribution in [1.29, 1.82) is 0 Å². The van der Waals surface area contributed by atoms with E-state index < -0.39 is 4.92 Å². The van der Waals surface area contributed by atoms with Gasteiger partial charge >= 0.3 is 5.69 Å². The molecule has 88 valence electrons. The van der Waals surface area contributed by atoms with Crippen molar-refractivity contribution in [2.45, 2.75) is 13.0 Å². The summed E-state index contributed by atoms with van der Waals surface area (Å²) in [6.07, 6.45) is 2.48. The third kappa shape index (κ3) is 3.14. The van der Waals surface area contributed by atoms with Gasteiger partial charge < -0.3 is 10.1 Å². The van der Waals surface area contributed by atoms with Gasteiger partial charge in [0.25, 0.3) is 0 Å². The van der Waals surface area contributed by atoms with Crippen molar-refractivity contribution >= 4 is 21.6 Å². The Morgan fingerprint density at radius 3 is 2.94 bits per heavy atom. The van der Waals surface area contributed by atoms with Gasteiger partial charge in [-0.15, -0.1) is 0 Å². The lowest BCUT2D eigenvalue weighted by atomic mass is 10.3. The highest BCUT2D eigenvalue weighted by Gasteiger charge is 2.20. The number of nitrogens with zero attached hydrogens (tertiary/aromatic N) is 2. The second kappa shape index (κ2) is 5.76. The van der Waals surface area contributed by atoms with E-state index in [1.54, 1.807) is 7.05 Å². The predicted octanol–water partition coefficient (Wildman–Crippen LogP) is 1.74. The fraction of sp³-hybridized carbons (Fsp3) is 0.444. The van der Waals surface area contributed by atoms with Gasteiger partial charge in [-0.05, 0) is 29.9 Å². The van der Waals surface area contributed by atoms with E-state index in [-0.39, 0.29) is 17.5 Å². The Kier molecular flexibility index (Phi) is 4.63. The van der Waals surface area contributed by atoms with Crippen LogP contribution >= 0.6 is 15.9 Å². The smallest absolute Gasteiger partial charge is 0.330 e. The minimum Gasteiger partial charge on any atom is -0.482 e. The zero-order valence-corrected chi connectivity index (χ0v) is 10.5. The number of likely N-dealkylation sites (N-methyl/N-ethyl adjacent to an activating group) is 1. The first-order valence-corrected chi connectivity index (χ1v) is 5.44. The molecule has 0 saturated heterocycles. The SMILES string of the molecule is CNCC(C)Oc1c(Br)cncc1[N+](=O)[O-]. The summed E-state index contributed by atoms with van der Waals surface area (Å²) in [5.41, 5.74) is -0.141. The summed E-state index contributed by atoms with van der Waals surface area (Å²) in [4.78, 5) is 14.0. The van der Waals surface area contributed by atoms with Crippen LogP contribution in [0.1, 0.15) is 6.92 Å². The third-order valence-corrected chi connectivity index (χ3v) is 2.41. The second-order valence-electron chi connectivity index (χ2n) is 3.21. The van der Waals surface area contributed by atoms with Gasteiger partial charge in [-0.1, -0.05) is 0 Å². The molecule has 1 N–H and O–H groups in total. The fourth-order valence-corrected chi connectivity index (χ4v) is 1.60. The topological polar surface area (TPSA) is 77.3 Å². The number of hydrogen-bond acceptors (Lipinski definition) is 5. The number of halogens is 1. The molecule has 1 aromatic heterocycles. The highest BCUT2D eigenvalue weighted by molar-refractivity contribution is 9.10. The summed E-state index contributed by atoms with van der Waals surface area (Å²) in [6.45, 7) is 2.43. The van der Waals surface area contributed by atoms with Crippen LogP contribution in [0.15, 0.2) is 16.9 Å². The first-order valence-electron chi connectivity index (χ1n) is 4.65. The van der Waals surface area contributed by atoms with Gasteiger partial charge in [-0.3, -0.25) is 15.1 Å². The molecule has 0 aromatic carbocycles. The van der Waals surface area contributed by atoms with Crippen molar-refractivity contribution in [1.82, 2.24) is 10.3 Å². The molecule has 0 aliphatic carbocycles. The molecule has 6 nitrogen and oxygen atoms in total. The molecule has 1 rings (SSSR count). The standard InChI is InChI=1S/C9H12BrN3O3/c1-6(3-11-2)16-9-7(10)4-12-5-8(9)13(14)15/h4-6,11H,3H2,1-2H3. The van der Waals surface area contributed by atoms with Crippen molar-refractivity contribution in [2.75, 3.05) is 13.6 Å². The number of rotatable bonds is 5. The lowest BCUT2D eigenvalue weighted by Gasteiger charge is -2.14. The maximum atomic E-state index is 10.8. The Morgan fingerprint density at radius 2 is 2.38 bits per heavy atom. The summed E-state index contributed by atoms with van der Waals surface area (Å²) >= 11 is 3.18. The number of ether oxygens (including phenoxy) is 1. The maximum absolute atomic E-state index is 10.8. The van der Waals surface area contributed by atoms with Gasteiger partial charge in [0, 0.05) is 12.7 Å². The molecular weight excluding hydrogens is 278 g/mol. The molecule has 1 atom stereocenters. The van der Waals surface area contributed by atoms with Gasteiger partial charge in [0.15, 0.2) is 0 Å². The number of hydrogen-bond donors (Lipinski definition) is 1. The molecule has 0 spiro atoms. The molecule has 0 aliphatic rings. The molecule has 7 heteroatoms. The van der Waals surface area contributed by atoms with Crippen LogP contribution in [0, 0.1) is 10.1 Å². The summed E-state index contributed by atoms with van der Waals surface area (Å²) in [5.74, 6) is 0.211. The van der Waals surface area contributed by atoms with Gasteiger partial charge in [0.05, 0.1) is 9.40 Å². The molecule has 1 heterocycles. The van der Waals surface area contributed by atoms with E-state index in [9.17, 15) is 10.1 Å². The zero-order valence-electron chi connectivity index (χ0n) is 8.94.